The summed E-state index contributed by atoms with van der Waals surface area (Å²) in [4.78, 5) is 23.4. The molecule has 1 N–H and O–H groups in total. The molecular formula is C16H23NO3. The van der Waals surface area contributed by atoms with Crippen LogP contribution >= 0.6 is 0 Å². The predicted octanol–water partition coefficient (Wildman–Crippen LogP) is 2.42. The molecule has 0 spiro atoms. The second kappa shape index (κ2) is 7.68. The molecule has 1 aromatic carbocycles. The van der Waals surface area contributed by atoms with Gasteiger partial charge in [-0.3, -0.25) is 9.59 Å². The molecule has 0 aliphatic rings. The van der Waals surface area contributed by atoms with Crippen molar-refractivity contribution < 1.29 is 14.3 Å². The number of carbonyl (C=O) groups is 2. The number of hydrogen-bond donors (Lipinski definition) is 1. The normalized spacial score (nSPS) is 10.9. The smallest absolute Gasteiger partial charge is 0.305 e. The van der Waals surface area contributed by atoms with Crippen LogP contribution in [0.4, 0.5) is 0 Å². The lowest BCUT2D eigenvalue weighted by Crippen LogP contribution is -2.40. The van der Waals surface area contributed by atoms with Crippen LogP contribution in [-0.2, 0) is 19.7 Å². The molecule has 4 nitrogen and oxygen atoms in total. The Kier molecular flexibility index (Phi) is 6.22. The average Bonchev–Trinajstić information content (AvgIpc) is 2.44. The molecule has 0 unspecified atom stereocenters. The molecule has 1 amide bonds. The Morgan fingerprint density at radius 1 is 1.20 bits per heavy atom. The highest BCUT2D eigenvalue weighted by Crippen LogP contribution is 2.22. The highest BCUT2D eigenvalue weighted by atomic mass is 16.5. The number of amides is 1. The zero-order valence-electron chi connectivity index (χ0n) is 12.4. The average molecular weight is 277 g/mol. The molecule has 0 aliphatic carbocycles. The number of esters is 1. The van der Waals surface area contributed by atoms with E-state index in [-0.39, 0.29) is 11.9 Å². The minimum Gasteiger partial charge on any atom is -0.466 e. The predicted molar refractivity (Wildman–Crippen MR) is 78.3 cm³/mol. The molecule has 4 heteroatoms. The van der Waals surface area contributed by atoms with Gasteiger partial charge in [0.25, 0.3) is 0 Å². The van der Waals surface area contributed by atoms with E-state index in [0.717, 1.165) is 5.56 Å². The van der Waals surface area contributed by atoms with Crippen LogP contribution < -0.4 is 5.32 Å². The molecule has 20 heavy (non-hydrogen) atoms. The lowest BCUT2D eigenvalue weighted by molar-refractivity contribution is -0.143. The van der Waals surface area contributed by atoms with Crippen molar-refractivity contribution in [3.63, 3.8) is 0 Å². The van der Waals surface area contributed by atoms with Gasteiger partial charge in [0.05, 0.1) is 12.0 Å². The zero-order valence-corrected chi connectivity index (χ0v) is 12.4. The largest absolute Gasteiger partial charge is 0.466 e. The second-order valence-electron chi connectivity index (χ2n) is 5.16. The summed E-state index contributed by atoms with van der Waals surface area (Å²) < 4.78 is 4.83. The van der Waals surface area contributed by atoms with Gasteiger partial charge in [-0.25, -0.2) is 0 Å². The van der Waals surface area contributed by atoms with Crippen molar-refractivity contribution in [3.8, 4) is 0 Å². The molecule has 1 aromatic rings. The van der Waals surface area contributed by atoms with E-state index in [1.807, 2.05) is 44.2 Å². The molecule has 0 saturated carbocycles. The van der Waals surface area contributed by atoms with Gasteiger partial charge < -0.3 is 10.1 Å². The van der Waals surface area contributed by atoms with Gasteiger partial charge in [-0.1, -0.05) is 30.3 Å². The summed E-state index contributed by atoms with van der Waals surface area (Å²) in [7, 11) is 0. The van der Waals surface area contributed by atoms with Gasteiger partial charge >= 0.3 is 5.97 Å². The standard InChI is InChI=1S/C16H23NO3/c1-4-20-14(18)11-8-12-17-15(19)16(2,3)13-9-6-5-7-10-13/h5-7,9-10H,4,8,11-12H2,1-3H3,(H,17,19). The summed E-state index contributed by atoms with van der Waals surface area (Å²) in [6, 6.07) is 9.66. The molecule has 0 bridgehead atoms. The summed E-state index contributed by atoms with van der Waals surface area (Å²) in [5.41, 5.74) is 0.397. The molecular weight excluding hydrogens is 254 g/mol. The van der Waals surface area contributed by atoms with Gasteiger partial charge in [0.1, 0.15) is 0 Å². The Labute approximate surface area is 120 Å². The third-order valence-electron chi connectivity index (χ3n) is 3.21. The van der Waals surface area contributed by atoms with E-state index in [9.17, 15) is 9.59 Å². The van der Waals surface area contributed by atoms with Crippen molar-refractivity contribution >= 4 is 11.9 Å². The van der Waals surface area contributed by atoms with Crippen LogP contribution in [0.1, 0.15) is 39.2 Å². The first-order valence-corrected chi connectivity index (χ1v) is 6.98. The molecule has 0 radical (unpaired) electrons. The van der Waals surface area contributed by atoms with Crippen molar-refractivity contribution in [1.82, 2.24) is 5.32 Å². The zero-order chi connectivity index (χ0) is 15.0. The fraction of sp³-hybridized carbons (Fsp3) is 0.500. The number of nitrogens with one attached hydrogen (secondary N) is 1. The molecule has 0 aromatic heterocycles. The SMILES string of the molecule is CCOC(=O)CCCNC(=O)C(C)(C)c1ccccc1. The van der Waals surface area contributed by atoms with Crippen molar-refractivity contribution in [2.75, 3.05) is 13.2 Å². The van der Waals surface area contributed by atoms with Gasteiger partial charge in [0.2, 0.25) is 5.91 Å². The van der Waals surface area contributed by atoms with Gasteiger partial charge in [-0.05, 0) is 32.8 Å². The first-order valence-electron chi connectivity index (χ1n) is 6.98. The first-order chi connectivity index (χ1) is 9.48. The van der Waals surface area contributed by atoms with Crippen molar-refractivity contribution in [1.29, 1.82) is 0 Å². The monoisotopic (exact) mass is 277 g/mol. The number of ether oxygens (including phenoxy) is 1. The highest BCUT2D eigenvalue weighted by molar-refractivity contribution is 5.87. The van der Waals surface area contributed by atoms with Gasteiger partial charge in [-0.15, -0.1) is 0 Å². The fourth-order valence-electron chi connectivity index (χ4n) is 1.87. The Hall–Kier alpha value is -1.84. The minimum absolute atomic E-state index is 0.0347. The molecule has 110 valence electrons. The van der Waals surface area contributed by atoms with Gasteiger partial charge in [0.15, 0.2) is 0 Å². The Bertz CT molecular complexity index is 440. The third kappa shape index (κ3) is 4.68. The Balaban J connectivity index is 2.41. The van der Waals surface area contributed by atoms with E-state index in [0.29, 0.717) is 26.0 Å². The van der Waals surface area contributed by atoms with Crippen LogP contribution in [-0.4, -0.2) is 25.0 Å². The maximum Gasteiger partial charge on any atom is 0.305 e. The number of benzene rings is 1. The first kappa shape index (κ1) is 16.2. The maximum absolute atomic E-state index is 12.2. The van der Waals surface area contributed by atoms with Crippen LogP contribution in [0, 0.1) is 0 Å². The van der Waals surface area contributed by atoms with E-state index in [2.05, 4.69) is 5.32 Å². The van der Waals surface area contributed by atoms with Gasteiger partial charge in [-0.2, -0.15) is 0 Å². The van der Waals surface area contributed by atoms with E-state index in [4.69, 9.17) is 4.74 Å². The molecule has 1 rings (SSSR count). The Morgan fingerprint density at radius 3 is 2.45 bits per heavy atom. The molecule has 0 aliphatic heterocycles. The van der Waals surface area contributed by atoms with Crippen LogP contribution in [0.3, 0.4) is 0 Å². The third-order valence-corrected chi connectivity index (χ3v) is 3.21. The summed E-state index contributed by atoms with van der Waals surface area (Å²) in [6.07, 6.45) is 0.926. The maximum atomic E-state index is 12.2. The van der Waals surface area contributed by atoms with Crippen molar-refractivity contribution in [2.45, 2.75) is 39.0 Å². The quantitative estimate of drug-likeness (QED) is 0.615. The molecule has 0 heterocycles. The van der Waals surface area contributed by atoms with Crippen LogP contribution in [0.15, 0.2) is 30.3 Å². The number of hydrogen-bond acceptors (Lipinski definition) is 3. The lowest BCUT2D eigenvalue weighted by Gasteiger charge is -2.24. The van der Waals surface area contributed by atoms with Crippen LogP contribution in [0.5, 0.6) is 0 Å². The van der Waals surface area contributed by atoms with Gasteiger partial charge in [0, 0.05) is 13.0 Å². The molecule has 0 fully saturated rings. The fourth-order valence-corrected chi connectivity index (χ4v) is 1.87. The molecule has 0 saturated heterocycles. The second-order valence-corrected chi connectivity index (χ2v) is 5.16. The summed E-state index contributed by atoms with van der Waals surface area (Å²) >= 11 is 0. The number of rotatable bonds is 7. The Morgan fingerprint density at radius 2 is 1.85 bits per heavy atom. The lowest BCUT2D eigenvalue weighted by atomic mass is 9.84. The van der Waals surface area contributed by atoms with E-state index >= 15 is 0 Å². The van der Waals surface area contributed by atoms with E-state index < -0.39 is 5.41 Å². The minimum atomic E-state index is -0.578. The topological polar surface area (TPSA) is 55.4 Å². The van der Waals surface area contributed by atoms with Crippen molar-refractivity contribution in [2.24, 2.45) is 0 Å². The number of carbonyl (C=O) groups excluding carboxylic acids is 2. The summed E-state index contributed by atoms with van der Waals surface area (Å²) in [5, 5.41) is 2.87. The van der Waals surface area contributed by atoms with E-state index in [1.54, 1.807) is 6.92 Å². The summed E-state index contributed by atoms with van der Waals surface area (Å²) in [5.74, 6) is -0.253. The highest BCUT2D eigenvalue weighted by Gasteiger charge is 2.28. The van der Waals surface area contributed by atoms with Crippen LogP contribution in [0.25, 0.3) is 0 Å². The van der Waals surface area contributed by atoms with Crippen LogP contribution in [0.2, 0.25) is 0 Å². The van der Waals surface area contributed by atoms with Crippen molar-refractivity contribution in [3.05, 3.63) is 35.9 Å². The summed E-state index contributed by atoms with van der Waals surface area (Å²) in [6.45, 7) is 6.44. The van der Waals surface area contributed by atoms with E-state index in [1.165, 1.54) is 0 Å². The molecule has 0 atom stereocenters.